The predicted octanol–water partition coefficient (Wildman–Crippen LogP) is 2.47. The highest BCUT2D eigenvalue weighted by atomic mass is 127. The maximum atomic E-state index is 12.1. The van der Waals surface area contributed by atoms with Crippen LogP contribution in [-0.4, -0.2) is 21.3 Å². The van der Waals surface area contributed by atoms with Crippen LogP contribution in [0.5, 0.6) is 0 Å². The van der Waals surface area contributed by atoms with E-state index in [1.54, 1.807) is 0 Å². The van der Waals surface area contributed by atoms with Gasteiger partial charge in [-0.25, -0.2) is 0 Å². The molecule has 1 heterocycles. The topological polar surface area (TPSA) is 20.3 Å². The fraction of sp³-hybridized carbons (Fsp3) is 0.364. The Labute approximate surface area is 97.4 Å². The van der Waals surface area contributed by atoms with Crippen LogP contribution in [0.3, 0.4) is 0 Å². The van der Waals surface area contributed by atoms with Gasteiger partial charge in [0.2, 0.25) is 0 Å². The molecule has 0 aromatic heterocycles. The Bertz CT molecular complexity index is 387. The third-order valence-corrected chi connectivity index (χ3v) is 4.11. The van der Waals surface area contributed by atoms with Crippen molar-refractivity contribution in [3.63, 3.8) is 0 Å². The van der Waals surface area contributed by atoms with Crippen LogP contribution in [0.4, 0.5) is 0 Å². The van der Waals surface area contributed by atoms with Crippen LogP contribution in [0.1, 0.15) is 22.8 Å². The number of fused-ring (bicyclic) bond motifs is 1. The predicted molar refractivity (Wildman–Crippen MR) is 64.7 cm³/mol. The van der Waals surface area contributed by atoms with E-state index in [2.05, 4.69) is 27.5 Å². The maximum absolute atomic E-state index is 12.1. The minimum atomic E-state index is -0.397. The molecule has 2 nitrogen and oxygen atoms in total. The summed E-state index contributed by atoms with van der Waals surface area (Å²) in [6.45, 7) is 2.81. The second-order valence-electron chi connectivity index (χ2n) is 3.80. The van der Waals surface area contributed by atoms with E-state index in [1.807, 2.05) is 38.2 Å². The molecule has 1 aliphatic rings. The number of hydrogen-bond donors (Lipinski definition) is 0. The summed E-state index contributed by atoms with van der Waals surface area (Å²) in [4.78, 5) is 14.2. The molecule has 0 fully saturated rings. The molecule has 2 rings (SSSR count). The Balaban J connectivity index is 2.55. The van der Waals surface area contributed by atoms with Crippen molar-refractivity contribution in [3.05, 3.63) is 35.4 Å². The van der Waals surface area contributed by atoms with Crippen molar-refractivity contribution in [2.24, 2.45) is 0 Å². The second kappa shape index (κ2) is 3.31. The third-order valence-electron chi connectivity index (χ3n) is 2.80. The number of carbonyl (C=O) groups is 1. The molecule has 0 bridgehead atoms. The van der Waals surface area contributed by atoms with E-state index in [9.17, 15) is 4.79 Å². The molecule has 74 valence electrons. The molecule has 0 N–H and O–H groups in total. The van der Waals surface area contributed by atoms with E-state index in [1.165, 1.54) is 0 Å². The van der Waals surface area contributed by atoms with Crippen molar-refractivity contribution in [1.82, 2.24) is 4.90 Å². The van der Waals surface area contributed by atoms with Gasteiger partial charge in [0.25, 0.3) is 0 Å². The standard InChI is InChI=1S/C11H12INO/c1-11(12)10(14)9-6-4-3-5-8(9)7-13(11)2/h3-6H,7H2,1-2H3. The van der Waals surface area contributed by atoms with E-state index in [0.29, 0.717) is 0 Å². The average Bonchev–Trinajstić information content (AvgIpc) is 2.15. The molecular formula is C11H12INO. The summed E-state index contributed by atoms with van der Waals surface area (Å²) in [5, 5.41) is 0. The molecule has 0 saturated heterocycles. The largest absolute Gasteiger partial charge is 0.291 e. The summed E-state index contributed by atoms with van der Waals surface area (Å²) >= 11 is 2.22. The van der Waals surface area contributed by atoms with Gasteiger partial charge >= 0.3 is 0 Å². The number of Topliss-reactive ketones (excluding diaryl/α,β-unsaturated/α-hetero) is 1. The molecular weight excluding hydrogens is 289 g/mol. The number of likely N-dealkylation sites (N-methyl/N-ethyl adjacent to an activating group) is 1. The van der Waals surface area contributed by atoms with E-state index in [-0.39, 0.29) is 5.78 Å². The van der Waals surface area contributed by atoms with Crippen LogP contribution in [0.2, 0.25) is 0 Å². The van der Waals surface area contributed by atoms with Gasteiger partial charge in [-0.15, -0.1) is 0 Å². The number of carbonyl (C=O) groups excluding carboxylic acids is 1. The van der Waals surface area contributed by atoms with Gasteiger partial charge in [0.05, 0.1) is 0 Å². The maximum Gasteiger partial charge on any atom is 0.193 e. The van der Waals surface area contributed by atoms with Gasteiger partial charge in [0, 0.05) is 12.1 Å². The lowest BCUT2D eigenvalue weighted by Crippen LogP contribution is -2.48. The first kappa shape index (κ1) is 10.1. The quantitative estimate of drug-likeness (QED) is 0.417. The third kappa shape index (κ3) is 1.39. The molecule has 0 amide bonds. The van der Waals surface area contributed by atoms with Crippen molar-refractivity contribution >= 4 is 28.4 Å². The van der Waals surface area contributed by atoms with Crippen LogP contribution in [-0.2, 0) is 6.54 Å². The lowest BCUT2D eigenvalue weighted by atomic mass is 9.94. The Kier molecular flexibility index (Phi) is 2.39. The summed E-state index contributed by atoms with van der Waals surface area (Å²) in [6, 6.07) is 7.85. The fourth-order valence-corrected chi connectivity index (χ4v) is 2.16. The van der Waals surface area contributed by atoms with Crippen LogP contribution in [0.25, 0.3) is 0 Å². The lowest BCUT2D eigenvalue weighted by molar-refractivity contribution is 0.0811. The van der Waals surface area contributed by atoms with Crippen LogP contribution in [0, 0.1) is 0 Å². The molecule has 3 heteroatoms. The van der Waals surface area contributed by atoms with Crippen molar-refractivity contribution in [2.75, 3.05) is 7.05 Å². The van der Waals surface area contributed by atoms with Gasteiger partial charge in [-0.05, 0) is 19.5 Å². The van der Waals surface area contributed by atoms with Gasteiger partial charge < -0.3 is 0 Å². The molecule has 1 unspecified atom stereocenters. The Morgan fingerprint density at radius 2 is 2.07 bits per heavy atom. The van der Waals surface area contributed by atoms with Crippen molar-refractivity contribution in [3.8, 4) is 0 Å². The van der Waals surface area contributed by atoms with Crippen molar-refractivity contribution < 1.29 is 4.79 Å². The summed E-state index contributed by atoms with van der Waals surface area (Å²) in [6.07, 6.45) is 0. The zero-order valence-corrected chi connectivity index (χ0v) is 10.4. The van der Waals surface area contributed by atoms with Crippen LogP contribution < -0.4 is 0 Å². The summed E-state index contributed by atoms with van der Waals surface area (Å²) in [5.41, 5.74) is 2.01. The zero-order chi connectivity index (χ0) is 10.3. The van der Waals surface area contributed by atoms with Gasteiger partial charge in [-0.3, -0.25) is 9.69 Å². The highest BCUT2D eigenvalue weighted by Crippen LogP contribution is 2.34. The molecule has 0 radical (unpaired) electrons. The Morgan fingerprint density at radius 1 is 1.43 bits per heavy atom. The van der Waals surface area contributed by atoms with Crippen LogP contribution in [0.15, 0.2) is 24.3 Å². The number of nitrogens with zero attached hydrogens (tertiary/aromatic N) is 1. The summed E-state index contributed by atoms with van der Waals surface area (Å²) < 4.78 is -0.397. The van der Waals surface area contributed by atoms with E-state index in [4.69, 9.17) is 0 Å². The van der Waals surface area contributed by atoms with Crippen molar-refractivity contribution in [2.45, 2.75) is 17.0 Å². The molecule has 1 aromatic rings. The highest BCUT2D eigenvalue weighted by molar-refractivity contribution is 14.1. The fourth-order valence-electron chi connectivity index (χ4n) is 1.70. The molecule has 0 saturated carbocycles. The highest BCUT2D eigenvalue weighted by Gasteiger charge is 2.39. The van der Waals surface area contributed by atoms with E-state index in [0.717, 1.165) is 17.7 Å². The van der Waals surface area contributed by atoms with Crippen molar-refractivity contribution in [1.29, 1.82) is 0 Å². The minimum absolute atomic E-state index is 0.211. The Hall–Kier alpha value is -0.420. The number of ketones is 1. The Morgan fingerprint density at radius 3 is 2.79 bits per heavy atom. The summed E-state index contributed by atoms with van der Waals surface area (Å²) in [7, 11) is 1.99. The number of hydrogen-bond acceptors (Lipinski definition) is 2. The molecule has 0 aliphatic carbocycles. The van der Waals surface area contributed by atoms with Gasteiger partial charge in [-0.1, -0.05) is 46.9 Å². The number of benzene rings is 1. The molecule has 0 spiro atoms. The van der Waals surface area contributed by atoms with Gasteiger partial charge in [0.15, 0.2) is 5.78 Å². The average molecular weight is 301 g/mol. The first-order valence-corrected chi connectivity index (χ1v) is 5.64. The van der Waals surface area contributed by atoms with E-state index >= 15 is 0 Å². The van der Waals surface area contributed by atoms with E-state index < -0.39 is 3.55 Å². The molecule has 1 aliphatic heterocycles. The normalized spacial score (nSPS) is 27.5. The first-order chi connectivity index (χ1) is 6.53. The lowest BCUT2D eigenvalue weighted by Gasteiger charge is -2.37. The zero-order valence-electron chi connectivity index (χ0n) is 8.25. The summed E-state index contributed by atoms with van der Waals surface area (Å²) in [5.74, 6) is 0.211. The second-order valence-corrected chi connectivity index (χ2v) is 5.90. The first-order valence-electron chi connectivity index (χ1n) is 4.56. The smallest absolute Gasteiger partial charge is 0.193 e. The number of halogens is 1. The molecule has 1 atom stereocenters. The number of rotatable bonds is 0. The number of alkyl halides is 1. The van der Waals surface area contributed by atoms with Gasteiger partial charge in [-0.2, -0.15) is 0 Å². The van der Waals surface area contributed by atoms with Gasteiger partial charge in [0.1, 0.15) is 3.55 Å². The SMILES string of the molecule is CN1Cc2ccccc2C(=O)C1(C)I. The molecule has 1 aromatic carbocycles. The molecule has 14 heavy (non-hydrogen) atoms. The van der Waals surface area contributed by atoms with Crippen LogP contribution >= 0.6 is 22.6 Å². The minimum Gasteiger partial charge on any atom is -0.291 e. The monoisotopic (exact) mass is 301 g/mol.